The van der Waals surface area contributed by atoms with E-state index in [1.807, 2.05) is 0 Å². The normalized spacial score (nSPS) is 11.3. The lowest BCUT2D eigenvalue weighted by molar-refractivity contribution is -0.138. The monoisotopic (exact) mass is 278 g/mol. The first-order valence-electron chi connectivity index (χ1n) is 6.22. The SMILES string of the molecule is O=C(CCc1ccccc1C(F)(F)F)c1ccccc1. The highest BCUT2D eigenvalue weighted by Crippen LogP contribution is 2.32. The van der Waals surface area contributed by atoms with E-state index in [-0.39, 0.29) is 24.2 Å². The van der Waals surface area contributed by atoms with Crippen molar-refractivity contribution < 1.29 is 18.0 Å². The van der Waals surface area contributed by atoms with Gasteiger partial charge < -0.3 is 0 Å². The summed E-state index contributed by atoms with van der Waals surface area (Å²) >= 11 is 0. The maximum atomic E-state index is 12.8. The number of hydrogen-bond donors (Lipinski definition) is 0. The molecule has 0 aliphatic carbocycles. The fraction of sp³-hybridized carbons (Fsp3) is 0.188. The average molecular weight is 278 g/mol. The standard InChI is InChI=1S/C16H13F3O/c17-16(18,19)14-9-5-4-6-12(14)10-11-15(20)13-7-2-1-3-8-13/h1-9H,10-11H2. The highest BCUT2D eigenvalue weighted by Gasteiger charge is 2.32. The van der Waals surface area contributed by atoms with E-state index in [1.54, 1.807) is 36.4 Å². The van der Waals surface area contributed by atoms with Gasteiger partial charge >= 0.3 is 6.18 Å². The Morgan fingerprint density at radius 3 is 2.15 bits per heavy atom. The summed E-state index contributed by atoms with van der Waals surface area (Å²) in [6.45, 7) is 0. The fourth-order valence-electron chi connectivity index (χ4n) is 2.03. The molecule has 0 aliphatic rings. The van der Waals surface area contributed by atoms with Crippen molar-refractivity contribution in [1.82, 2.24) is 0 Å². The molecule has 20 heavy (non-hydrogen) atoms. The van der Waals surface area contributed by atoms with E-state index in [4.69, 9.17) is 0 Å². The van der Waals surface area contributed by atoms with Gasteiger partial charge in [-0.3, -0.25) is 4.79 Å². The fourth-order valence-corrected chi connectivity index (χ4v) is 2.03. The molecule has 1 nitrogen and oxygen atoms in total. The number of hydrogen-bond acceptors (Lipinski definition) is 1. The Morgan fingerprint density at radius 2 is 1.50 bits per heavy atom. The van der Waals surface area contributed by atoms with Crippen LogP contribution in [-0.2, 0) is 12.6 Å². The maximum absolute atomic E-state index is 12.8. The Morgan fingerprint density at radius 1 is 0.900 bits per heavy atom. The summed E-state index contributed by atoms with van der Waals surface area (Å²) < 4.78 is 38.4. The van der Waals surface area contributed by atoms with Crippen molar-refractivity contribution in [3.8, 4) is 0 Å². The van der Waals surface area contributed by atoms with Crippen LogP contribution >= 0.6 is 0 Å². The Hall–Kier alpha value is -2.10. The van der Waals surface area contributed by atoms with Gasteiger partial charge in [-0.05, 0) is 18.1 Å². The highest BCUT2D eigenvalue weighted by atomic mass is 19.4. The molecule has 0 aliphatic heterocycles. The molecule has 0 amide bonds. The lowest BCUT2D eigenvalue weighted by Gasteiger charge is -2.12. The summed E-state index contributed by atoms with van der Waals surface area (Å²) in [4.78, 5) is 11.9. The summed E-state index contributed by atoms with van der Waals surface area (Å²) in [6, 6.07) is 14.0. The van der Waals surface area contributed by atoms with Crippen molar-refractivity contribution in [2.45, 2.75) is 19.0 Å². The molecule has 0 saturated heterocycles. The van der Waals surface area contributed by atoms with Crippen molar-refractivity contribution >= 4 is 5.78 Å². The first-order valence-corrected chi connectivity index (χ1v) is 6.22. The average Bonchev–Trinajstić information content (AvgIpc) is 2.45. The van der Waals surface area contributed by atoms with E-state index in [0.29, 0.717) is 5.56 Å². The molecule has 2 aromatic carbocycles. The minimum absolute atomic E-state index is 0.0666. The first-order chi connectivity index (χ1) is 9.48. The molecule has 0 unspecified atom stereocenters. The number of benzene rings is 2. The molecule has 0 N–H and O–H groups in total. The summed E-state index contributed by atoms with van der Waals surface area (Å²) in [6.07, 6.45) is -4.23. The quantitative estimate of drug-likeness (QED) is 0.751. The van der Waals surface area contributed by atoms with Crippen LogP contribution in [0, 0.1) is 0 Å². The second-order valence-electron chi connectivity index (χ2n) is 4.44. The molecule has 0 aromatic heterocycles. The number of ketones is 1. The van der Waals surface area contributed by atoms with E-state index >= 15 is 0 Å². The number of Topliss-reactive ketones (excluding diaryl/α,β-unsaturated/α-hetero) is 1. The predicted octanol–water partition coefficient (Wildman–Crippen LogP) is 4.52. The van der Waals surface area contributed by atoms with Gasteiger partial charge in [0.15, 0.2) is 5.78 Å². The lowest BCUT2D eigenvalue weighted by Crippen LogP contribution is -2.10. The largest absolute Gasteiger partial charge is 0.416 e. The molecule has 2 aromatic rings. The molecular formula is C16H13F3O. The summed E-state index contributed by atoms with van der Waals surface area (Å²) in [5, 5.41) is 0. The van der Waals surface area contributed by atoms with Crippen LogP contribution < -0.4 is 0 Å². The Bertz CT molecular complexity index is 588. The van der Waals surface area contributed by atoms with Gasteiger partial charge in [0.25, 0.3) is 0 Å². The molecular weight excluding hydrogens is 265 g/mol. The minimum Gasteiger partial charge on any atom is -0.294 e. The molecule has 0 atom stereocenters. The van der Waals surface area contributed by atoms with Gasteiger partial charge in [0, 0.05) is 12.0 Å². The van der Waals surface area contributed by atoms with Crippen LogP contribution in [0.25, 0.3) is 0 Å². The number of alkyl halides is 3. The Kier molecular flexibility index (Phi) is 4.23. The van der Waals surface area contributed by atoms with Crippen molar-refractivity contribution in [2.75, 3.05) is 0 Å². The zero-order valence-electron chi connectivity index (χ0n) is 10.7. The van der Waals surface area contributed by atoms with Crippen molar-refractivity contribution in [3.63, 3.8) is 0 Å². The van der Waals surface area contributed by atoms with Crippen LogP contribution in [0.3, 0.4) is 0 Å². The smallest absolute Gasteiger partial charge is 0.294 e. The molecule has 0 fully saturated rings. The summed E-state index contributed by atoms with van der Waals surface area (Å²) in [7, 11) is 0. The second-order valence-corrected chi connectivity index (χ2v) is 4.44. The Balaban J connectivity index is 2.11. The number of halogens is 3. The van der Waals surface area contributed by atoms with Crippen molar-refractivity contribution in [2.24, 2.45) is 0 Å². The third-order valence-corrected chi connectivity index (χ3v) is 3.04. The zero-order valence-corrected chi connectivity index (χ0v) is 10.7. The summed E-state index contributed by atoms with van der Waals surface area (Å²) in [5.74, 6) is -0.150. The maximum Gasteiger partial charge on any atom is 0.416 e. The van der Waals surface area contributed by atoms with Crippen LogP contribution in [0.5, 0.6) is 0 Å². The van der Waals surface area contributed by atoms with Gasteiger partial charge in [-0.2, -0.15) is 13.2 Å². The first kappa shape index (κ1) is 14.3. The second kappa shape index (κ2) is 5.90. The van der Waals surface area contributed by atoms with Crippen LogP contribution in [0.2, 0.25) is 0 Å². The molecule has 0 bridgehead atoms. The van der Waals surface area contributed by atoms with Crippen molar-refractivity contribution in [3.05, 3.63) is 71.3 Å². The summed E-state index contributed by atoms with van der Waals surface area (Å²) in [5.41, 5.74) is 0.0159. The lowest BCUT2D eigenvalue weighted by atomic mass is 9.99. The van der Waals surface area contributed by atoms with Crippen LogP contribution in [0.4, 0.5) is 13.2 Å². The van der Waals surface area contributed by atoms with Gasteiger partial charge in [0.1, 0.15) is 0 Å². The molecule has 104 valence electrons. The number of carbonyl (C=O) groups is 1. The van der Waals surface area contributed by atoms with Gasteiger partial charge in [-0.15, -0.1) is 0 Å². The number of rotatable bonds is 4. The molecule has 4 heteroatoms. The molecule has 0 heterocycles. The molecule has 0 spiro atoms. The van der Waals surface area contributed by atoms with Gasteiger partial charge in [0.05, 0.1) is 5.56 Å². The van der Waals surface area contributed by atoms with E-state index < -0.39 is 11.7 Å². The molecule has 0 radical (unpaired) electrons. The minimum atomic E-state index is -4.38. The zero-order chi connectivity index (χ0) is 14.6. The highest BCUT2D eigenvalue weighted by molar-refractivity contribution is 5.96. The van der Waals surface area contributed by atoms with Gasteiger partial charge in [-0.25, -0.2) is 0 Å². The third kappa shape index (κ3) is 3.47. The number of aryl methyl sites for hydroxylation is 1. The molecule has 2 rings (SSSR count). The van der Waals surface area contributed by atoms with Crippen LogP contribution in [-0.4, -0.2) is 5.78 Å². The predicted molar refractivity (Wildman–Crippen MR) is 70.5 cm³/mol. The van der Waals surface area contributed by atoms with Crippen LogP contribution in [0.15, 0.2) is 54.6 Å². The van der Waals surface area contributed by atoms with Gasteiger partial charge in [0.2, 0.25) is 0 Å². The van der Waals surface area contributed by atoms with Crippen molar-refractivity contribution in [1.29, 1.82) is 0 Å². The van der Waals surface area contributed by atoms with E-state index in [9.17, 15) is 18.0 Å². The van der Waals surface area contributed by atoms with E-state index in [2.05, 4.69) is 0 Å². The van der Waals surface area contributed by atoms with Gasteiger partial charge in [-0.1, -0.05) is 48.5 Å². The van der Waals surface area contributed by atoms with E-state index in [0.717, 1.165) is 6.07 Å². The van der Waals surface area contributed by atoms with E-state index in [1.165, 1.54) is 12.1 Å². The Labute approximate surface area is 115 Å². The third-order valence-electron chi connectivity index (χ3n) is 3.04. The number of carbonyl (C=O) groups excluding carboxylic acids is 1. The molecule has 0 saturated carbocycles. The van der Waals surface area contributed by atoms with Crippen LogP contribution in [0.1, 0.15) is 27.9 Å². The topological polar surface area (TPSA) is 17.1 Å².